The summed E-state index contributed by atoms with van der Waals surface area (Å²) >= 11 is 1.10. The fourth-order valence-corrected chi connectivity index (χ4v) is 3.44. The number of nitrogens with one attached hydrogen (secondary N) is 1. The van der Waals surface area contributed by atoms with E-state index in [0.717, 1.165) is 27.8 Å². The van der Waals surface area contributed by atoms with Gasteiger partial charge in [0.25, 0.3) is 12.3 Å². The van der Waals surface area contributed by atoms with Crippen LogP contribution in [-0.2, 0) is 7.05 Å². The van der Waals surface area contributed by atoms with E-state index in [1.807, 2.05) is 24.3 Å². The molecule has 1 amide bonds. The maximum atomic E-state index is 13.1. The van der Waals surface area contributed by atoms with Gasteiger partial charge in [-0.25, -0.2) is 13.2 Å². The molecule has 0 saturated heterocycles. The monoisotopic (exact) mass is 405 g/mol. The van der Waals surface area contributed by atoms with Crippen molar-refractivity contribution in [2.45, 2.75) is 23.7 Å². The lowest BCUT2D eigenvalue weighted by atomic mass is 10.0. The third-order valence-corrected chi connectivity index (χ3v) is 4.82. The number of aromatic nitrogens is 2. The molecule has 146 valence electrons. The summed E-state index contributed by atoms with van der Waals surface area (Å²) in [6.45, 7) is 1.47. The minimum absolute atomic E-state index is 0.170. The Bertz CT molecular complexity index is 971. The Morgan fingerprint density at radius 2 is 1.79 bits per heavy atom. The fraction of sp³-hybridized carbons (Fsp3) is 0.200. The first-order chi connectivity index (χ1) is 13.3. The van der Waals surface area contributed by atoms with Crippen molar-refractivity contribution in [3.05, 3.63) is 66.0 Å². The summed E-state index contributed by atoms with van der Waals surface area (Å²) in [4.78, 5) is 13.4. The van der Waals surface area contributed by atoms with Crippen LogP contribution in [-0.4, -0.2) is 21.2 Å². The summed E-state index contributed by atoms with van der Waals surface area (Å²) in [6.07, 6.45) is -1.58. The van der Waals surface area contributed by atoms with Crippen molar-refractivity contribution < 1.29 is 18.0 Å². The van der Waals surface area contributed by atoms with Crippen LogP contribution in [0.25, 0.3) is 11.1 Å². The second-order valence-electron chi connectivity index (χ2n) is 6.09. The summed E-state index contributed by atoms with van der Waals surface area (Å²) in [5.41, 5.74) is 0.280. The average molecular weight is 405 g/mol. The van der Waals surface area contributed by atoms with E-state index in [0.29, 0.717) is 5.69 Å². The van der Waals surface area contributed by atoms with Gasteiger partial charge in [-0.2, -0.15) is 5.10 Å². The molecule has 0 aliphatic carbocycles. The van der Waals surface area contributed by atoms with E-state index < -0.39 is 23.5 Å². The zero-order valence-corrected chi connectivity index (χ0v) is 16.0. The van der Waals surface area contributed by atoms with E-state index in [1.165, 1.54) is 24.9 Å². The number of rotatable bonds is 6. The van der Waals surface area contributed by atoms with Crippen LogP contribution < -0.4 is 5.32 Å². The van der Waals surface area contributed by atoms with E-state index in [4.69, 9.17) is 0 Å². The van der Waals surface area contributed by atoms with Crippen molar-refractivity contribution in [2.24, 2.45) is 7.05 Å². The van der Waals surface area contributed by atoms with E-state index in [9.17, 15) is 18.0 Å². The number of para-hydroxylation sites is 1. The molecule has 8 heteroatoms. The second-order valence-corrected chi connectivity index (χ2v) is 7.44. The Balaban J connectivity index is 1.88. The summed E-state index contributed by atoms with van der Waals surface area (Å²) in [5.74, 6) is -0.658. The van der Waals surface area contributed by atoms with Gasteiger partial charge in [0.2, 0.25) is 0 Å². The molecule has 0 saturated carbocycles. The minimum Gasteiger partial charge on any atom is -0.321 e. The molecule has 1 unspecified atom stereocenters. The van der Waals surface area contributed by atoms with Gasteiger partial charge in [-0.15, -0.1) is 0 Å². The van der Waals surface area contributed by atoms with Crippen LogP contribution in [0.3, 0.4) is 0 Å². The molecule has 3 rings (SSSR count). The van der Waals surface area contributed by atoms with Crippen LogP contribution in [0, 0.1) is 0 Å². The van der Waals surface area contributed by atoms with Gasteiger partial charge < -0.3 is 5.32 Å². The first-order valence-corrected chi connectivity index (χ1v) is 9.36. The molecule has 1 atom stereocenters. The number of alkyl halides is 3. The maximum Gasteiger partial charge on any atom is 0.282 e. The number of thioether (sulfide) groups is 1. The normalized spacial score (nSPS) is 12.2. The lowest BCUT2D eigenvalue weighted by molar-refractivity contribution is 0.101. The minimum atomic E-state index is -2.85. The predicted octanol–water partition coefficient (Wildman–Crippen LogP) is 5.68. The number of aryl methyl sites for hydroxylation is 1. The molecule has 28 heavy (non-hydrogen) atoms. The van der Waals surface area contributed by atoms with E-state index in [2.05, 4.69) is 10.4 Å². The van der Waals surface area contributed by atoms with Gasteiger partial charge in [0.1, 0.15) is 11.2 Å². The Morgan fingerprint density at radius 3 is 2.43 bits per heavy atom. The zero-order valence-electron chi connectivity index (χ0n) is 15.2. The zero-order chi connectivity index (χ0) is 20.3. The van der Waals surface area contributed by atoms with Gasteiger partial charge in [0, 0.05) is 29.4 Å². The van der Waals surface area contributed by atoms with Crippen molar-refractivity contribution in [1.29, 1.82) is 0 Å². The van der Waals surface area contributed by atoms with Crippen LogP contribution in [0.1, 0.15) is 29.4 Å². The van der Waals surface area contributed by atoms with Crippen molar-refractivity contribution in [2.75, 3.05) is 5.32 Å². The van der Waals surface area contributed by atoms with Crippen molar-refractivity contribution >= 4 is 23.4 Å². The quantitative estimate of drug-likeness (QED) is 0.537. The summed E-state index contributed by atoms with van der Waals surface area (Å²) < 4.78 is 40.6. The van der Waals surface area contributed by atoms with E-state index >= 15 is 0 Å². The van der Waals surface area contributed by atoms with Gasteiger partial charge in [0.15, 0.2) is 0 Å². The van der Waals surface area contributed by atoms with Crippen LogP contribution in [0.4, 0.5) is 18.9 Å². The molecule has 0 spiro atoms. The van der Waals surface area contributed by atoms with Crippen LogP contribution >= 0.6 is 11.8 Å². The molecule has 1 aromatic heterocycles. The molecular weight excluding hydrogens is 387 g/mol. The van der Waals surface area contributed by atoms with Crippen molar-refractivity contribution in [1.82, 2.24) is 9.78 Å². The first-order valence-electron chi connectivity index (χ1n) is 8.48. The smallest absolute Gasteiger partial charge is 0.282 e. The number of carbonyl (C=O) groups is 1. The number of halogens is 3. The Morgan fingerprint density at radius 1 is 1.11 bits per heavy atom. The summed E-state index contributed by atoms with van der Waals surface area (Å²) in [7, 11) is 1.48. The van der Waals surface area contributed by atoms with Crippen molar-refractivity contribution in [3.8, 4) is 11.1 Å². The number of hydrogen-bond donors (Lipinski definition) is 1. The molecule has 0 aliphatic rings. The lowest BCUT2D eigenvalue weighted by Gasteiger charge is -2.12. The number of carbonyl (C=O) groups excluding carboxylic acids is 1. The SMILES string of the molecule is CC(F)Sc1ccc(-c2ccccc2NC(=O)c2cn(C)nc2C(F)F)cc1. The highest BCUT2D eigenvalue weighted by Crippen LogP contribution is 2.32. The Labute approximate surface area is 164 Å². The van der Waals surface area contributed by atoms with E-state index in [-0.39, 0.29) is 5.56 Å². The van der Waals surface area contributed by atoms with Gasteiger partial charge in [-0.3, -0.25) is 9.48 Å². The number of nitrogens with zero attached hydrogens (tertiary/aromatic N) is 2. The number of hydrogen-bond acceptors (Lipinski definition) is 3. The number of anilines is 1. The Kier molecular flexibility index (Phi) is 6.08. The largest absolute Gasteiger partial charge is 0.321 e. The third-order valence-electron chi connectivity index (χ3n) is 3.95. The molecule has 0 fully saturated rings. The molecule has 0 aliphatic heterocycles. The standard InChI is InChI=1S/C20H18F3N3OS/c1-12(21)28-14-9-7-13(8-10-14)15-5-3-4-6-17(15)24-20(27)16-11-26(2)25-18(16)19(22)23/h3-12,19H,1-2H3,(H,24,27). The van der Waals surface area contributed by atoms with Crippen molar-refractivity contribution in [3.63, 3.8) is 0 Å². The highest BCUT2D eigenvalue weighted by molar-refractivity contribution is 7.99. The highest BCUT2D eigenvalue weighted by atomic mass is 32.2. The number of benzene rings is 2. The summed E-state index contributed by atoms with van der Waals surface area (Å²) in [5, 5.41) is 6.35. The van der Waals surface area contributed by atoms with Crippen LogP contribution in [0.15, 0.2) is 59.6 Å². The maximum absolute atomic E-state index is 13.1. The average Bonchev–Trinajstić information content (AvgIpc) is 3.05. The molecular formula is C20H18F3N3OS. The molecule has 0 radical (unpaired) electrons. The molecule has 0 bridgehead atoms. The van der Waals surface area contributed by atoms with E-state index in [1.54, 1.807) is 24.3 Å². The van der Waals surface area contributed by atoms with Crippen LogP contribution in [0.5, 0.6) is 0 Å². The molecule has 2 aromatic carbocycles. The molecule has 3 aromatic rings. The molecule has 1 heterocycles. The second kappa shape index (κ2) is 8.52. The number of amides is 1. The Hall–Kier alpha value is -2.74. The lowest BCUT2D eigenvalue weighted by Crippen LogP contribution is -2.14. The molecule has 4 nitrogen and oxygen atoms in total. The van der Waals surface area contributed by atoms with Crippen LogP contribution in [0.2, 0.25) is 0 Å². The molecule has 1 N–H and O–H groups in total. The van der Waals surface area contributed by atoms with Gasteiger partial charge in [-0.1, -0.05) is 42.1 Å². The topological polar surface area (TPSA) is 46.9 Å². The fourth-order valence-electron chi connectivity index (χ4n) is 2.78. The van der Waals surface area contributed by atoms with Gasteiger partial charge in [-0.05, 0) is 30.7 Å². The first kappa shape index (κ1) is 20.0. The highest BCUT2D eigenvalue weighted by Gasteiger charge is 2.23. The van der Waals surface area contributed by atoms with Gasteiger partial charge in [0.05, 0.1) is 5.56 Å². The van der Waals surface area contributed by atoms with Gasteiger partial charge >= 0.3 is 0 Å². The summed E-state index contributed by atoms with van der Waals surface area (Å²) in [6, 6.07) is 14.3. The third kappa shape index (κ3) is 4.56. The predicted molar refractivity (Wildman–Crippen MR) is 104 cm³/mol.